The number of hydroxylamine groups is 2. The molecular weight excluding hydrogens is 1090 g/mol. The number of hydrogen-bond acceptors (Lipinski definition) is 19. The van der Waals surface area contributed by atoms with Gasteiger partial charge in [-0.1, -0.05) is 58.0 Å². The first kappa shape index (κ1) is 58.0. The lowest BCUT2D eigenvalue weighted by atomic mass is 10.1. The standard InChI is InChI=1S/C60H68N6O14S2/c1-60(72,82-81-23-9-14-57(69)80-66-55(67)15-16-56(66)68)37-63(17-18-76-21-22-77-20-19-73-2)42-25-38(35-78-53-31-47-45(29-51(53)74-3)58(70)64-43(33-61-47)27-40-10-5-7-12-49(40)64)24-39(26-42)36-79-54-32-48-46(30-52(54)75-4)59(71)65-44(34-62-48)28-41-11-6-8-13-50(41)65/h5-8,10-13,24-26,29-32,43-44,61-62,72H,9,14-23,27-28,33-37H2,1-4H3/t43-,44-,60-/m0/s1. The molecule has 22 heteroatoms. The smallest absolute Gasteiger partial charge is 0.333 e. The van der Waals surface area contributed by atoms with E-state index in [4.69, 9.17) is 38.0 Å². The number of carbonyl (C=O) groups is 5. The second-order valence-electron chi connectivity index (χ2n) is 20.6. The summed E-state index contributed by atoms with van der Waals surface area (Å²) in [5.41, 5.74) is 8.51. The number of hydrogen-bond donors (Lipinski definition) is 3. The minimum absolute atomic E-state index is 0.0121. The number of nitrogens with zero attached hydrogens (tertiary/aromatic N) is 4. The SMILES string of the molecule is COCCOCCOCCN(C[C@@](C)(O)SSCCCC(=O)ON1C(=O)CCC1=O)c1cc(COc2cc3c(cc2OC)C(=O)N2c4ccccc4C[C@H]2CN3)cc(COc2cc3c(cc2OC)C(=O)N2c4ccccc4C[C@H]2CN3)c1. The Labute approximate surface area is 484 Å². The maximum atomic E-state index is 14.3. The van der Waals surface area contributed by atoms with E-state index in [1.165, 1.54) is 21.6 Å². The quantitative estimate of drug-likeness (QED) is 0.0198. The molecule has 0 bridgehead atoms. The summed E-state index contributed by atoms with van der Waals surface area (Å²) in [5, 5.41) is 19.6. The molecule has 5 aromatic rings. The van der Waals surface area contributed by atoms with E-state index in [2.05, 4.69) is 22.8 Å². The molecule has 3 atom stereocenters. The summed E-state index contributed by atoms with van der Waals surface area (Å²) >= 11 is 0. The van der Waals surface area contributed by atoms with E-state index < -0.39 is 22.7 Å². The third-order valence-electron chi connectivity index (χ3n) is 14.7. The van der Waals surface area contributed by atoms with Crippen molar-refractivity contribution in [2.24, 2.45) is 0 Å². The fraction of sp³-hybridized carbons (Fsp3) is 0.417. The Bertz CT molecular complexity index is 3010. The van der Waals surface area contributed by atoms with Crippen LogP contribution in [0.3, 0.4) is 0 Å². The predicted octanol–water partition coefficient (Wildman–Crippen LogP) is 7.82. The van der Waals surface area contributed by atoms with Crippen molar-refractivity contribution in [3.8, 4) is 23.0 Å². The van der Waals surface area contributed by atoms with Crippen LogP contribution < -0.4 is 44.3 Å². The topological polar surface area (TPSA) is 216 Å². The number of aliphatic hydroxyl groups is 1. The lowest BCUT2D eigenvalue weighted by molar-refractivity contribution is -0.197. The molecule has 10 rings (SSSR count). The van der Waals surface area contributed by atoms with E-state index >= 15 is 0 Å². The second kappa shape index (κ2) is 26.4. The van der Waals surface area contributed by atoms with E-state index in [9.17, 15) is 29.1 Å². The number of methoxy groups -OCH3 is 3. The molecule has 0 spiro atoms. The number of para-hydroxylation sites is 2. The molecule has 20 nitrogen and oxygen atoms in total. The first-order chi connectivity index (χ1) is 39.8. The zero-order valence-corrected chi connectivity index (χ0v) is 48.0. The largest absolute Gasteiger partial charge is 0.493 e. The molecule has 5 aliphatic rings. The first-order valence-corrected chi connectivity index (χ1v) is 29.8. The zero-order valence-electron chi connectivity index (χ0n) is 46.4. The third kappa shape index (κ3) is 13.3. The van der Waals surface area contributed by atoms with Gasteiger partial charge in [0.05, 0.1) is 88.4 Å². The average Bonchev–Trinajstić information content (AvgIpc) is 3.00. The van der Waals surface area contributed by atoms with Crippen molar-refractivity contribution in [3.05, 3.63) is 124 Å². The van der Waals surface area contributed by atoms with Crippen LogP contribution in [0.25, 0.3) is 0 Å². The van der Waals surface area contributed by atoms with Gasteiger partial charge in [-0.2, -0.15) is 0 Å². The van der Waals surface area contributed by atoms with Crippen LogP contribution in [0.1, 0.15) is 75.6 Å². The Morgan fingerprint density at radius 2 is 1.21 bits per heavy atom. The van der Waals surface area contributed by atoms with Gasteiger partial charge < -0.3 is 68.4 Å². The summed E-state index contributed by atoms with van der Waals surface area (Å²) in [4.78, 5) is 74.5. The summed E-state index contributed by atoms with van der Waals surface area (Å²) in [6, 6.07) is 28.9. The molecule has 5 aromatic carbocycles. The molecule has 1 fully saturated rings. The number of rotatable bonds is 27. The summed E-state index contributed by atoms with van der Waals surface area (Å²) in [7, 11) is 7.33. The Hall–Kier alpha value is -7.21. The molecule has 0 radical (unpaired) electrons. The highest BCUT2D eigenvalue weighted by atomic mass is 33.1. The van der Waals surface area contributed by atoms with Gasteiger partial charge in [0.25, 0.3) is 23.6 Å². The number of ether oxygens (including phenoxy) is 7. The van der Waals surface area contributed by atoms with Crippen LogP contribution in [0.4, 0.5) is 28.4 Å². The van der Waals surface area contributed by atoms with Gasteiger partial charge in [-0.3, -0.25) is 19.2 Å². The van der Waals surface area contributed by atoms with Gasteiger partial charge in [0.1, 0.15) is 18.1 Å². The molecule has 5 heterocycles. The van der Waals surface area contributed by atoms with Crippen molar-refractivity contribution in [2.75, 3.05) is 112 Å². The van der Waals surface area contributed by atoms with Crippen LogP contribution in [-0.2, 0) is 59.5 Å². The molecule has 82 heavy (non-hydrogen) atoms. The van der Waals surface area contributed by atoms with Crippen LogP contribution >= 0.6 is 21.6 Å². The molecule has 3 N–H and O–H groups in total. The lowest BCUT2D eigenvalue weighted by Gasteiger charge is -2.33. The highest BCUT2D eigenvalue weighted by Crippen LogP contribution is 2.43. The Morgan fingerprint density at radius 1 is 0.683 bits per heavy atom. The third-order valence-corrected chi connectivity index (χ3v) is 17.7. The molecular formula is C60H68N6O14S2. The monoisotopic (exact) mass is 1160 g/mol. The van der Waals surface area contributed by atoms with Crippen molar-refractivity contribution in [1.29, 1.82) is 0 Å². The number of amides is 4. The molecule has 0 saturated carbocycles. The molecule has 4 amide bonds. The van der Waals surface area contributed by atoms with Gasteiger partial charge in [0, 0.05) is 81.0 Å². The van der Waals surface area contributed by atoms with E-state index in [0.29, 0.717) is 109 Å². The Morgan fingerprint density at radius 3 is 1.74 bits per heavy atom. The van der Waals surface area contributed by atoms with Gasteiger partial charge in [-0.15, -0.1) is 5.06 Å². The summed E-state index contributed by atoms with van der Waals surface area (Å²) < 4.78 is 41.9. The van der Waals surface area contributed by atoms with Crippen LogP contribution in [0.2, 0.25) is 0 Å². The fourth-order valence-corrected chi connectivity index (χ4v) is 13.1. The van der Waals surface area contributed by atoms with Gasteiger partial charge in [0.2, 0.25) is 0 Å². The number of carbonyl (C=O) groups excluding carboxylic acids is 5. The van der Waals surface area contributed by atoms with Crippen molar-refractivity contribution in [1.82, 2.24) is 5.06 Å². The molecule has 1 saturated heterocycles. The Kier molecular flexibility index (Phi) is 18.6. The van der Waals surface area contributed by atoms with Crippen LogP contribution in [0.5, 0.6) is 23.0 Å². The van der Waals surface area contributed by atoms with E-state index in [1.807, 2.05) is 81.4 Å². The van der Waals surface area contributed by atoms with E-state index in [0.717, 1.165) is 52.2 Å². The summed E-state index contributed by atoms with van der Waals surface area (Å²) in [6.07, 6.45) is 1.86. The highest BCUT2D eigenvalue weighted by Gasteiger charge is 2.40. The van der Waals surface area contributed by atoms with Crippen molar-refractivity contribution >= 4 is 79.6 Å². The maximum absolute atomic E-state index is 14.3. The predicted molar refractivity (Wildman–Crippen MR) is 312 cm³/mol. The zero-order chi connectivity index (χ0) is 57.3. The van der Waals surface area contributed by atoms with Gasteiger partial charge in [-0.25, -0.2) is 4.79 Å². The van der Waals surface area contributed by atoms with Crippen LogP contribution in [-0.4, -0.2) is 143 Å². The minimum atomic E-state index is -1.35. The molecule has 0 aromatic heterocycles. The van der Waals surface area contributed by atoms with Crippen molar-refractivity contribution < 1.29 is 67.1 Å². The molecule has 434 valence electrons. The van der Waals surface area contributed by atoms with Gasteiger partial charge in [0.15, 0.2) is 23.0 Å². The van der Waals surface area contributed by atoms with E-state index in [-0.39, 0.29) is 69.5 Å². The minimum Gasteiger partial charge on any atom is -0.493 e. The van der Waals surface area contributed by atoms with Crippen LogP contribution in [0, 0.1) is 0 Å². The molecule has 0 unspecified atom stereocenters. The average molecular weight is 1160 g/mol. The maximum Gasteiger partial charge on any atom is 0.333 e. The first-order valence-electron chi connectivity index (χ1n) is 27.4. The molecule has 0 aliphatic carbocycles. The number of anilines is 5. The fourth-order valence-electron chi connectivity index (χ4n) is 10.8. The number of benzene rings is 5. The van der Waals surface area contributed by atoms with Crippen molar-refractivity contribution in [3.63, 3.8) is 0 Å². The number of fused-ring (bicyclic) bond motifs is 8. The summed E-state index contributed by atoms with van der Waals surface area (Å²) in [6.45, 7) is 5.29. The highest BCUT2D eigenvalue weighted by molar-refractivity contribution is 8.77. The van der Waals surface area contributed by atoms with Gasteiger partial charge in [-0.05, 0) is 90.9 Å². The van der Waals surface area contributed by atoms with Crippen LogP contribution in [0.15, 0.2) is 91.0 Å². The molecule has 5 aliphatic heterocycles. The number of nitrogens with one attached hydrogen (secondary N) is 2. The van der Waals surface area contributed by atoms with Crippen molar-refractivity contribution in [2.45, 2.75) is 75.7 Å². The Balaban J connectivity index is 0.905. The second-order valence-corrected chi connectivity index (χ2v) is 23.5. The lowest BCUT2D eigenvalue weighted by Crippen LogP contribution is -2.40. The van der Waals surface area contributed by atoms with Gasteiger partial charge >= 0.3 is 5.97 Å². The normalized spacial score (nSPS) is 17.5. The van der Waals surface area contributed by atoms with E-state index in [1.54, 1.807) is 40.4 Å². The summed E-state index contributed by atoms with van der Waals surface area (Å²) in [5.74, 6) is 0.0781. The number of imide groups is 1.